The maximum Gasteiger partial charge on any atom is 0.228 e. The first-order valence-electron chi connectivity index (χ1n) is 8.48. The van der Waals surface area contributed by atoms with Crippen LogP contribution in [-0.4, -0.2) is 52.7 Å². The van der Waals surface area contributed by atoms with E-state index in [0.29, 0.717) is 18.8 Å². The fraction of sp³-hybridized carbons (Fsp3) is 0.444. The molecule has 1 amide bonds. The molecule has 26 heavy (non-hydrogen) atoms. The number of aliphatic hydroxyl groups is 1. The van der Waals surface area contributed by atoms with E-state index in [9.17, 15) is 9.90 Å². The number of rotatable bonds is 8. The van der Waals surface area contributed by atoms with Crippen LogP contribution in [0.25, 0.3) is 0 Å². The van der Waals surface area contributed by atoms with Crippen molar-refractivity contribution in [1.29, 1.82) is 0 Å². The van der Waals surface area contributed by atoms with Crippen LogP contribution in [-0.2, 0) is 16.2 Å². The standard InChI is InChI=1S/C18H23BrN4O3/c1-22(26-2)10-15(24)11-23-9-14(8-20-23)21-18(25)17-7-16(17)12-3-5-13(19)6-4-12/h3-6,8-9,15-17,24H,7,10-11H2,1-2H3,(H,21,25)/t15-,16+,17+/m0/s1. The van der Waals surface area contributed by atoms with Crippen LogP contribution in [0.1, 0.15) is 17.9 Å². The lowest BCUT2D eigenvalue weighted by atomic mass is 10.1. The third-order valence-corrected chi connectivity index (χ3v) is 5.03. The molecule has 0 aliphatic heterocycles. The van der Waals surface area contributed by atoms with Crippen molar-refractivity contribution in [3.63, 3.8) is 0 Å². The molecule has 140 valence electrons. The van der Waals surface area contributed by atoms with Crippen LogP contribution >= 0.6 is 15.9 Å². The average Bonchev–Trinajstić information content (AvgIpc) is 3.30. The van der Waals surface area contributed by atoms with E-state index in [4.69, 9.17) is 4.84 Å². The van der Waals surface area contributed by atoms with Gasteiger partial charge in [-0.3, -0.25) is 9.48 Å². The number of carbonyl (C=O) groups is 1. The Hall–Kier alpha value is -1.74. The Morgan fingerprint density at radius 2 is 2.23 bits per heavy atom. The van der Waals surface area contributed by atoms with Gasteiger partial charge in [0.2, 0.25) is 5.91 Å². The molecule has 0 spiro atoms. The van der Waals surface area contributed by atoms with Gasteiger partial charge in [-0.05, 0) is 30.0 Å². The minimum Gasteiger partial charge on any atom is -0.390 e. The van der Waals surface area contributed by atoms with Gasteiger partial charge in [-0.15, -0.1) is 0 Å². The lowest BCUT2D eigenvalue weighted by molar-refractivity contribution is -0.129. The number of hydrogen-bond acceptors (Lipinski definition) is 5. The third-order valence-electron chi connectivity index (χ3n) is 4.50. The number of aliphatic hydroxyl groups excluding tert-OH is 1. The number of benzene rings is 1. The van der Waals surface area contributed by atoms with E-state index in [2.05, 4.69) is 38.5 Å². The van der Waals surface area contributed by atoms with Crippen LogP contribution in [0.2, 0.25) is 0 Å². The van der Waals surface area contributed by atoms with Crippen molar-refractivity contribution in [3.05, 3.63) is 46.7 Å². The highest BCUT2D eigenvalue weighted by Gasteiger charge is 2.43. The molecule has 0 saturated heterocycles. The summed E-state index contributed by atoms with van der Waals surface area (Å²) < 4.78 is 2.65. The number of anilines is 1. The molecule has 8 heteroatoms. The zero-order valence-electron chi connectivity index (χ0n) is 14.8. The molecule has 2 N–H and O–H groups in total. The Balaban J connectivity index is 1.50. The van der Waals surface area contributed by atoms with Crippen LogP contribution in [0.3, 0.4) is 0 Å². The molecular formula is C18H23BrN4O3. The van der Waals surface area contributed by atoms with Crippen molar-refractivity contribution in [3.8, 4) is 0 Å². The number of nitrogens with zero attached hydrogens (tertiary/aromatic N) is 3. The highest BCUT2D eigenvalue weighted by atomic mass is 79.9. The molecule has 0 radical (unpaired) electrons. The maximum atomic E-state index is 12.4. The van der Waals surface area contributed by atoms with Gasteiger partial charge in [0.1, 0.15) is 0 Å². The Kier molecular flexibility index (Phi) is 6.08. The molecule has 2 aromatic rings. The van der Waals surface area contributed by atoms with Gasteiger partial charge >= 0.3 is 0 Å². The first-order chi connectivity index (χ1) is 12.5. The average molecular weight is 423 g/mol. The van der Waals surface area contributed by atoms with Gasteiger partial charge in [-0.2, -0.15) is 10.2 Å². The summed E-state index contributed by atoms with van der Waals surface area (Å²) in [4.78, 5) is 17.4. The summed E-state index contributed by atoms with van der Waals surface area (Å²) in [6.07, 6.45) is 3.57. The van der Waals surface area contributed by atoms with E-state index >= 15 is 0 Å². The Bertz CT molecular complexity index is 749. The van der Waals surface area contributed by atoms with E-state index in [-0.39, 0.29) is 17.7 Å². The largest absolute Gasteiger partial charge is 0.390 e. The second-order valence-electron chi connectivity index (χ2n) is 6.59. The summed E-state index contributed by atoms with van der Waals surface area (Å²) in [5, 5.41) is 18.6. The smallest absolute Gasteiger partial charge is 0.228 e. The number of carbonyl (C=O) groups excluding carboxylic acids is 1. The summed E-state index contributed by atoms with van der Waals surface area (Å²) in [5.41, 5.74) is 1.83. The number of nitrogens with one attached hydrogen (secondary N) is 1. The highest BCUT2D eigenvalue weighted by Crippen LogP contribution is 2.48. The van der Waals surface area contributed by atoms with Gasteiger partial charge in [-0.1, -0.05) is 28.1 Å². The van der Waals surface area contributed by atoms with Crippen LogP contribution < -0.4 is 5.32 Å². The topological polar surface area (TPSA) is 79.6 Å². The van der Waals surface area contributed by atoms with E-state index in [1.807, 2.05) is 12.1 Å². The van der Waals surface area contributed by atoms with E-state index < -0.39 is 6.10 Å². The lowest BCUT2D eigenvalue weighted by Gasteiger charge is -2.17. The molecular weight excluding hydrogens is 400 g/mol. The maximum absolute atomic E-state index is 12.4. The monoisotopic (exact) mass is 422 g/mol. The van der Waals surface area contributed by atoms with Crippen LogP contribution in [0.5, 0.6) is 0 Å². The Labute approximate surface area is 161 Å². The molecule has 1 saturated carbocycles. The second kappa shape index (κ2) is 8.30. The molecule has 0 unspecified atom stereocenters. The quantitative estimate of drug-likeness (QED) is 0.637. The summed E-state index contributed by atoms with van der Waals surface area (Å²) in [5.74, 6) is 0.294. The Morgan fingerprint density at radius 3 is 2.92 bits per heavy atom. The van der Waals surface area contributed by atoms with Crippen molar-refractivity contribution < 1.29 is 14.7 Å². The fourth-order valence-electron chi connectivity index (χ4n) is 2.97. The molecule has 0 bridgehead atoms. The molecule has 7 nitrogen and oxygen atoms in total. The van der Waals surface area contributed by atoms with Crippen LogP contribution in [0.15, 0.2) is 41.1 Å². The van der Waals surface area contributed by atoms with Crippen molar-refractivity contribution >= 4 is 27.5 Å². The zero-order chi connectivity index (χ0) is 18.7. The SMILES string of the molecule is CON(C)C[C@H](O)Cn1cc(NC(=O)[C@@H]2C[C@@H]2c2ccc(Br)cc2)cn1. The predicted octanol–water partition coefficient (Wildman–Crippen LogP) is 2.24. The molecule has 1 aromatic heterocycles. The first-order valence-corrected chi connectivity index (χ1v) is 9.27. The van der Waals surface area contributed by atoms with E-state index in [0.717, 1.165) is 10.9 Å². The predicted molar refractivity (Wildman–Crippen MR) is 101 cm³/mol. The number of halogens is 1. The number of amides is 1. The Morgan fingerprint density at radius 1 is 1.50 bits per heavy atom. The van der Waals surface area contributed by atoms with Gasteiger partial charge in [0, 0.05) is 23.6 Å². The molecule has 3 atom stereocenters. The van der Waals surface area contributed by atoms with E-state index in [1.54, 1.807) is 36.3 Å². The zero-order valence-corrected chi connectivity index (χ0v) is 16.4. The van der Waals surface area contributed by atoms with Crippen LogP contribution in [0.4, 0.5) is 5.69 Å². The summed E-state index contributed by atoms with van der Waals surface area (Å²) in [6, 6.07) is 8.11. The van der Waals surface area contributed by atoms with Gasteiger partial charge in [0.05, 0.1) is 38.2 Å². The molecule has 3 rings (SSSR count). The van der Waals surface area contributed by atoms with Gasteiger partial charge in [0.15, 0.2) is 0 Å². The van der Waals surface area contributed by atoms with Gasteiger partial charge in [0.25, 0.3) is 0 Å². The van der Waals surface area contributed by atoms with Crippen molar-refractivity contribution in [2.45, 2.75) is 25.0 Å². The summed E-state index contributed by atoms with van der Waals surface area (Å²) in [6.45, 7) is 0.698. The molecule has 1 fully saturated rings. The minimum absolute atomic E-state index is 0.000434. The summed E-state index contributed by atoms with van der Waals surface area (Å²) >= 11 is 3.42. The normalized spacial score (nSPS) is 20.2. The van der Waals surface area contributed by atoms with Crippen LogP contribution in [0, 0.1) is 5.92 Å². The third kappa shape index (κ3) is 4.91. The molecule has 1 aromatic carbocycles. The summed E-state index contributed by atoms with van der Waals surface area (Å²) in [7, 11) is 3.29. The van der Waals surface area contributed by atoms with E-state index in [1.165, 1.54) is 5.56 Å². The molecule has 1 aliphatic rings. The molecule has 1 heterocycles. The first kappa shape index (κ1) is 19.0. The fourth-order valence-corrected chi connectivity index (χ4v) is 3.24. The van der Waals surface area contributed by atoms with Gasteiger partial charge in [-0.25, -0.2) is 0 Å². The van der Waals surface area contributed by atoms with Crippen molar-refractivity contribution in [1.82, 2.24) is 14.8 Å². The van der Waals surface area contributed by atoms with Crippen molar-refractivity contribution in [2.24, 2.45) is 5.92 Å². The number of hydrogen-bond donors (Lipinski definition) is 2. The number of aromatic nitrogens is 2. The highest BCUT2D eigenvalue weighted by molar-refractivity contribution is 9.10. The van der Waals surface area contributed by atoms with Gasteiger partial charge < -0.3 is 15.3 Å². The number of likely N-dealkylation sites (N-methyl/N-ethyl adjacent to an activating group) is 1. The number of hydroxylamine groups is 2. The lowest BCUT2D eigenvalue weighted by Crippen LogP contribution is -2.31. The minimum atomic E-state index is -0.617. The van der Waals surface area contributed by atoms with Crippen molar-refractivity contribution in [2.75, 3.05) is 26.0 Å². The molecule has 1 aliphatic carbocycles. The second-order valence-corrected chi connectivity index (χ2v) is 7.50.